The number of aromatic amines is 1. The SMILES string of the molecule is Cc1[nH]c(SCCn2c(C)csc2=O)nc1Cc1ccccc1. The van der Waals surface area contributed by atoms with Gasteiger partial charge < -0.3 is 9.55 Å². The Hall–Kier alpha value is -1.79. The van der Waals surface area contributed by atoms with Crippen LogP contribution in [0, 0.1) is 13.8 Å². The number of imidazole rings is 1. The molecule has 0 aliphatic carbocycles. The highest BCUT2D eigenvalue weighted by atomic mass is 32.2. The highest BCUT2D eigenvalue weighted by molar-refractivity contribution is 7.99. The summed E-state index contributed by atoms with van der Waals surface area (Å²) < 4.78 is 1.82. The summed E-state index contributed by atoms with van der Waals surface area (Å²) in [4.78, 5) is 19.8. The lowest BCUT2D eigenvalue weighted by molar-refractivity contribution is 0.730. The molecule has 0 saturated carbocycles. The lowest BCUT2D eigenvalue weighted by Gasteiger charge is -2.02. The van der Waals surface area contributed by atoms with E-state index in [1.54, 1.807) is 11.8 Å². The van der Waals surface area contributed by atoms with Gasteiger partial charge in [-0.1, -0.05) is 53.4 Å². The first-order chi connectivity index (χ1) is 11.1. The third-order valence-corrected chi connectivity index (χ3v) is 5.44. The van der Waals surface area contributed by atoms with Crippen molar-refractivity contribution >= 4 is 23.1 Å². The van der Waals surface area contributed by atoms with Gasteiger partial charge in [0.25, 0.3) is 0 Å². The first kappa shape index (κ1) is 16.1. The first-order valence-electron chi connectivity index (χ1n) is 7.50. The molecule has 0 amide bonds. The van der Waals surface area contributed by atoms with Crippen LogP contribution in [-0.2, 0) is 13.0 Å². The smallest absolute Gasteiger partial charge is 0.307 e. The van der Waals surface area contributed by atoms with Crippen LogP contribution in [0.25, 0.3) is 0 Å². The summed E-state index contributed by atoms with van der Waals surface area (Å²) >= 11 is 2.92. The summed E-state index contributed by atoms with van der Waals surface area (Å²) in [5.41, 5.74) is 4.49. The van der Waals surface area contributed by atoms with Crippen molar-refractivity contribution < 1.29 is 0 Å². The zero-order valence-electron chi connectivity index (χ0n) is 13.2. The van der Waals surface area contributed by atoms with E-state index in [9.17, 15) is 4.79 Å². The molecule has 3 aromatic rings. The molecule has 0 bridgehead atoms. The van der Waals surface area contributed by atoms with Crippen LogP contribution in [0.2, 0.25) is 0 Å². The van der Waals surface area contributed by atoms with Crippen molar-refractivity contribution in [2.24, 2.45) is 0 Å². The van der Waals surface area contributed by atoms with E-state index in [-0.39, 0.29) is 4.87 Å². The van der Waals surface area contributed by atoms with Gasteiger partial charge in [0, 0.05) is 35.5 Å². The first-order valence-corrected chi connectivity index (χ1v) is 9.37. The fourth-order valence-electron chi connectivity index (χ4n) is 2.40. The molecule has 23 heavy (non-hydrogen) atoms. The van der Waals surface area contributed by atoms with Crippen molar-refractivity contribution in [3.8, 4) is 0 Å². The standard InChI is InChI=1S/C17H19N3OS2/c1-12-11-23-17(21)20(12)8-9-22-16-18-13(2)15(19-16)10-14-6-4-3-5-7-14/h3-7,11H,8-10H2,1-2H3,(H,18,19). The number of thioether (sulfide) groups is 1. The average molecular weight is 345 g/mol. The van der Waals surface area contributed by atoms with Crippen molar-refractivity contribution in [2.45, 2.75) is 32.0 Å². The molecule has 0 atom stereocenters. The number of nitrogens with zero attached hydrogens (tertiary/aromatic N) is 2. The largest absolute Gasteiger partial charge is 0.337 e. The molecule has 3 rings (SSSR count). The molecule has 0 radical (unpaired) electrons. The Labute approximate surface area is 143 Å². The van der Waals surface area contributed by atoms with E-state index in [4.69, 9.17) is 4.98 Å². The molecule has 0 spiro atoms. The van der Waals surface area contributed by atoms with Gasteiger partial charge in [-0.2, -0.15) is 0 Å². The van der Waals surface area contributed by atoms with Crippen LogP contribution in [0.3, 0.4) is 0 Å². The van der Waals surface area contributed by atoms with Crippen LogP contribution < -0.4 is 4.87 Å². The molecule has 120 valence electrons. The van der Waals surface area contributed by atoms with Crippen LogP contribution in [0.4, 0.5) is 0 Å². The topological polar surface area (TPSA) is 50.7 Å². The summed E-state index contributed by atoms with van der Waals surface area (Å²) in [5.74, 6) is 0.829. The van der Waals surface area contributed by atoms with E-state index >= 15 is 0 Å². The summed E-state index contributed by atoms with van der Waals surface area (Å²) in [6.45, 7) is 4.74. The van der Waals surface area contributed by atoms with Gasteiger partial charge in [-0.25, -0.2) is 4.98 Å². The molecule has 1 aromatic carbocycles. The maximum absolute atomic E-state index is 11.7. The Kier molecular flexibility index (Phi) is 5.03. The highest BCUT2D eigenvalue weighted by Crippen LogP contribution is 2.19. The number of thiazole rings is 1. The molecule has 0 fully saturated rings. The Bertz CT molecular complexity index is 833. The van der Waals surface area contributed by atoms with E-state index in [0.717, 1.165) is 34.4 Å². The van der Waals surface area contributed by atoms with Crippen molar-refractivity contribution in [1.82, 2.24) is 14.5 Å². The van der Waals surface area contributed by atoms with Crippen molar-refractivity contribution in [3.63, 3.8) is 0 Å². The Morgan fingerprint density at radius 1 is 1.26 bits per heavy atom. The maximum atomic E-state index is 11.7. The van der Waals surface area contributed by atoms with Gasteiger partial charge in [0.1, 0.15) is 0 Å². The molecule has 2 heterocycles. The zero-order chi connectivity index (χ0) is 16.2. The minimum atomic E-state index is 0.114. The number of hydrogen-bond acceptors (Lipinski definition) is 4. The average Bonchev–Trinajstić information content (AvgIpc) is 3.05. The zero-order valence-corrected chi connectivity index (χ0v) is 14.8. The summed E-state index contributed by atoms with van der Waals surface area (Å²) in [6, 6.07) is 10.4. The molecule has 0 aliphatic heterocycles. The molecule has 1 N–H and O–H groups in total. The number of aryl methyl sites for hydroxylation is 2. The Morgan fingerprint density at radius 3 is 2.74 bits per heavy atom. The van der Waals surface area contributed by atoms with E-state index in [2.05, 4.69) is 24.0 Å². The second kappa shape index (κ2) is 7.19. The minimum Gasteiger partial charge on any atom is -0.337 e. The quantitative estimate of drug-likeness (QED) is 0.694. The third kappa shape index (κ3) is 3.95. The predicted molar refractivity (Wildman–Crippen MR) is 96.6 cm³/mol. The van der Waals surface area contributed by atoms with Crippen LogP contribution in [-0.4, -0.2) is 20.3 Å². The third-order valence-electron chi connectivity index (χ3n) is 3.71. The van der Waals surface area contributed by atoms with E-state index in [1.807, 2.05) is 35.1 Å². The highest BCUT2D eigenvalue weighted by Gasteiger charge is 2.09. The van der Waals surface area contributed by atoms with E-state index in [1.165, 1.54) is 16.9 Å². The van der Waals surface area contributed by atoms with Gasteiger partial charge in [-0.15, -0.1) is 0 Å². The van der Waals surface area contributed by atoms with Crippen LogP contribution in [0.5, 0.6) is 0 Å². The van der Waals surface area contributed by atoms with Gasteiger partial charge in [0.05, 0.1) is 5.69 Å². The number of benzene rings is 1. The van der Waals surface area contributed by atoms with Crippen molar-refractivity contribution in [1.29, 1.82) is 0 Å². The normalized spacial score (nSPS) is 11.0. The van der Waals surface area contributed by atoms with E-state index < -0.39 is 0 Å². The van der Waals surface area contributed by atoms with Gasteiger partial charge in [-0.3, -0.25) is 4.79 Å². The number of aromatic nitrogens is 3. The lowest BCUT2D eigenvalue weighted by Crippen LogP contribution is -2.15. The second-order valence-electron chi connectivity index (χ2n) is 5.42. The van der Waals surface area contributed by atoms with Gasteiger partial charge >= 0.3 is 4.87 Å². The molecular weight excluding hydrogens is 326 g/mol. The molecule has 0 aliphatic rings. The molecule has 4 nitrogen and oxygen atoms in total. The maximum Gasteiger partial charge on any atom is 0.307 e. The predicted octanol–water partition coefficient (Wildman–Crippen LogP) is 3.63. The second-order valence-corrected chi connectivity index (χ2v) is 7.32. The number of hydrogen-bond donors (Lipinski definition) is 1. The lowest BCUT2D eigenvalue weighted by atomic mass is 10.1. The minimum absolute atomic E-state index is 0.114. The van der Waals surface area contributed by atoms with Gasteiger partial charge in [-0.05, 0) is 19.4 Å². The summed E-state index contributed by atoms with van der Waals surface area (Å²) in [7, 11) is 0. The van der Waals surface area contributed by atoms with Crippen LogP contribution in [0.15, 0.2) is 45.7 Å². The van der Waals surface area contributed by atoms with E-state index in [0.29, 0.717) is 6.54 Å². The number of nitrogens with one attached hydrogen (secondary N) is 1. The fourth-order valence-corrected chi connectivity index (χ4v) is 4.03. The number of H-pyrrole nitrogens is 1. The molecule has 0 saturated heterocycles. The summed E-state index contributed by atoms with van der Waals surface area (Å²) in [5, 5.41) is 2.83. The van der Waals surface area contributed by atoms with Crippen LogP contribution >= 0.6 is 23.1 Å². The number of rotatable bonds is 6. The Balaban J connectivity index is 1.61. The molecule has 0 unspecified atom stereocenters. The molecule has 6 heteroatoms. The van der Waals surface area contributed by atoms with Gasteiger partial charge in [0.15, 0.2) is 5.16 Å². The van der Waals surface area contributed by atoms with Gasteiger partial charge in [0.2, 0.25) is 0 Å². The fraction of sp³-hybridized carbons (Fsp3) is 0.294. The molecule has 2 aromatic heterocycles. The van der Waals surface area contributed by atoms with Crippen molar-refractivity contribution in [3.05, 3.63) is 68.0 Å². The van der Waals surface area contributed by atoms with Crippen LogP contribution in [0.1, 0.15) is 22.6 Å². The summed E-state index contributed by atoms with van der Waals surface area (Å²) in [6.07, 6.45) is 0.840. The molecular formula is C17H19N3OS2. The Morgan fingerprint density at radius 2 is 2.04 bits per heavy atom. The van der Waals surface area contributed by atoms with Crippen molar-refractivity contribution in [2.75, 3.05) is 5.75 Å². The monoisotopic (exact) mass is 345 g/mol.